The molecule has 0 bridgehead atoms. The zero-order valence-electron chi connectivity index (χ0n) is 16.5. The summed E-state index contributed by atoms with van der Waals surface area (Å²) in [5.74, 6) is -2.28. The highest BCUT2D eigenvalue weighted by molar-refractivity contribution is 8.00. The third-order valence-corrected chi connectivity index (χ3v) is 5.14. The summed E-state index contributed by atoms with van der Waals surface area (Å²) in [7, 11) is 1.18. The van der Waals surface area contributed by atoms with E-state index in [1.807, 2.05) is 0 Å². The average molecular weight is 434 g/mol. The molecule has 2 amide bonds. The highest BCUT2D eigenvalue weighted by atomic mass is 32.2. The van der Waals surface area contributed by atoms with Crippen molar-refractivity contribution in [2.45, 2.75) is 38.0 Å². The van der Waals surface area contributed by atoms with Crippen molar-refractivity contribution in [3.8, 4) is 0 Å². The Hall–Kier alpha value is -2.50. The van der Waals surface area contributed by atoms with Crippen LogP contribution in [0.1, 0.15) is 26.7 Å². The number of aliphatic carboxylic acids is 1. The first kappa shape index (κ1) is 24.5. The molecule has 0 aromatic rings. The van der Waals surface area contributed by atoms with Crippen molar-refractivity contribution in [1.29, 1.82) is 0 Å². The first-order valence-corrected chi connectivity index (χ1v) is 9.90. The number of carboxylic acid groups (broad SMARTS) is 1. The summed E-state index contributed by atoms with van der Waals surface area (Å²) >= 11 is 1.07. The number of rotatable bonds is 11. The van der Waals surface area contributed by atoms with Crippen LogP contribution in [-0.4, -0.2) is 78.9 Å². The number of carboxylic acids is 1. The molecule has 3 N–H and O–H groups in total. The van der Waals surface area contributed by atoms with Crippen LogP contribution in [0.25, 0.3) is 0 Å². The van der Waals surface area contributed by atoms with Crippen molar-refractivity contribution in [2.24, 2.45) is 5.41 Å². The van der Waals surface area contributed by atoms with Gasteiger partial charge in [-0.3, -0.25) is 19.2 Å². The molecule has 164 valence electrons. The van der Waals surface area contributed by atoms with E-state index in [-0.39, 0.29) is 38.4 Å². The van der Waals surface area contributed by atoms with Crippen LogP contribution in [0, 0.1) is 5.41 Å². The lowest BCUT2D eigenvalue weighted by atomic mass is 9.86. The second-order valence-corrected chi connectivity index (χ2v) is 8.21. The monoisotopic (exact) mass is 434 g/mol. The molecule has 0 aromatic heterocycles. The van der Waals surface area contributed by atoms with Gasteiger partial charge in [0, 0.05) is 30.7 Å². The maximum absolute atomic E-state index is 12.2. The molecular weight excluding hydrogens is 408 g/mol. The number of esters is 1. The number of hydrogen-bond acceptors (Lipinski definition) is 9. The number of carbonyl (C=O) groups is 5. The van der Waals surface area contributed by atoms with Crippen molar-refractivity contribution < 1.29 is 43.3 Å². The van der Waals surface area contributed by atoms with Gasteiger partial charge in [0.2, 0.25) is 5.91 Å². The Bertz CT molecular complexity index is 638. The van der Waals surface area contributed by atoms with Crippen LogP contribution in [0.4, 0.5) is 4.79 Å². The molecule has 1 aliphatic rings. The van der Waals surface area contributed by atoms with E-state index in [1.165, 1.54) is 7.11 Å². The van der Waals surface area contributed by atoms with Crippen LogP contribution in [0.3, 0.4) is 0 Å². The molecule has 0 aliphatic carbocycles. The Morgan fingerprint density at radius 3 is 2.59 bits per heavy atom. The Morgan fingerprint density at radius 1 is 1.28 bits per heavy atom. The van der Waals surface area contributed by atoms with Gasteiger partial charge in [-0.15, -0.1) is 11.8 Å². The zero-order chi connectivity index (χ0) is 22.0. The molecule has 2 atom stereocenters. The van der Waals surface area contributed by atoms with Crippen molar-refractivity contribution in [2.75, 3.05) is 32.6 Å². The largest absolute Gasteiger partial charge is 0.509 e. The Morgan fingerprint density at radius 2 is 1.97 bits per heavy atom. The first-order chi connectivity index (χ1) is 13.6. The Balaban J connectivity index is 2.28. The smallest absolute Gasteiger partial charge is 0.481 e. The molecule has 1 aliphatic heterocycles. The summed E-state index contributed by atoms with van der Waals surface area (Å²) in [6, 6.07) is 0. The fraction of sp³-hybridized carbons (Fsp3) is 0.706. The molecule has 1 fully saturated rings. The van der Waals surface area contributed by atoms with Crippen LogP contribution in [0.5, 0.6) is 0 Å². The molecular formula is C17H26N2O9S. The molecule has 0 radical (unpaired) electrons. The van der Waals surface area contributed by atoms with Crippen molar-refractivity contribution in [3.63, 3.8) is 0 Å². The predicted octanol–water partition coefficient (Wildman–Crippen LogP) is -0.0800. The van der Waals surface area contributed by atoms with Gasteiger partial charge in [0.25, 0.3) is 5.91 Å². The average Bonchev–Trinajstić information content (AvgIpc) is 2.65. The first-order valence-electron chi connectivity index (χ1n) is 8.86. The predicted molar refractivity (Wildman–Crippen MR) is 101 cm³/mol. The maximum Gasteiger partial charge on any atom is 0.509 e. The minimum atomic E-state index is -1.12. The second kappa shape index (κ2) is 11.5. The number of methoxy groups -OCH3 is 1. The fourth-order valence-corrected chi connectivity index (χ4v) is 3.39. The molecule has 11 nitrogen and oxygen atoms in total. The molecule has 1 saturated heterocycles. The Kier molecular flexibility index (Phi) is 9.72. The van der Waals surface area contributed by atoms with E-state index in [0.29, 0.717) is 5.75 Å². The number of carbonyl (C=O) groups excluding carboxylic acids is 4. The lowest BCUT2D eigenvalue weighted by Gasteiger charge is -2.35. The second-order valence-electron chi connectivity index (χ2n) is 6.90. The topological polar surface area (TPSA) is 157 Å². The highest BCUT2D eigenvalue weighted by Crippen LogP contribution is 2.28. The number of amides is 2. The summed E-state index contributed by atoms with van der Waals surface area (Å²) in [4.78, 5) is 57.5. The SMILES string of the molecule is COC(=O)C(CC(=O)O)SCCNC(=O)CCNC(=O)[C@@H]1OC(=O)OCC1(C)C. The zero-order valence-corrected chi connectivity index (χ0v) is 17.3. The number of cyclic esters (lactones) is 2. The molecule has 1 unspecified atom stereocenters. The van der Waals surface area contributed by atoms with Crippen LogP contribution in [-0.2, 0) is 33.4 Å². The molecule has 0 saturated carbocycles. The third kappa shape index (κ3) is 8.59. The minimum Gasteiger partial charge on any atom is -0.481 e. The van der Waals surface area contributed by atoms with Gasteiger partial charge in [0.1, 0.15) is 11.9 Å². The van der Waals surface area contributed by atoms with E-state index < -0.39 is 40.8 Å². The van der Waals surface area contributed by atoms with Gasteiger partial charge in [-0.1, -0.05) is 13.8 Å². The van der Waals surface area contributed by atoms with Crippen LogP contribution in [0.2, 0.25) is 0 Å². The van der Waals surface area contributed by atoms with Gasteiger partial charge >= 0.3 is 18.1 Å². The van der Waals surface area contributed by atoms with Gasteiger partial charge in [-0.25, -0.2) is 4.79 Å². The molecule has 29 heavy (non-hydrogen) atoms. The lowest BCUT2D eigenvalue weighted by molar-refractivity contribution is -0.149. The van der Waals surface area contributed by atoms with Crippen LogP contribution < -0.4 is 10.6 Å². The minimum absolute atomic E-state index is 0.00353. The lowest BCUT2D eigenvalue weighted by Crippen LogP contribution is -2.52. The van der Waals surface area contributed by atoms with E-state index in [2.05, 4.69) is 15.4 Å². The standard InChI is InChI=1S/C17H26N2O9S/c1-17(2)9-27-16(25)28-13(17)14(23)19-5-4-11(20)18-6-7-29-10(8-12(21)22)15(24)26-3/h10,13H,4-9H2,1-3H3,(H,18,20)(H,19,23)(H,21,22)/t10?,13-/m0/s1. The summed E-state index contributed by atoms with van der Waals surface area (Å²) in [6.45, 7) is 3.76. The molecule has 0 aromatic carbocycles. The summed E-state index contributed by atoms with van der Waals surface area (Å²) < 4.78 is 14.2. The van der Waals surface area contributed by atoms with E-state index in [1.54, 1.807) is 13.8 Å². The van der Waals surface area contributed by atoms with Crippen molar-refractivity contribution >= 4 is 41.7 Å². The van der Waals surface area contributed by atoms with Gasteiger partial charge in [0.15, 0.2) is 6.10 Å². The summed E-state index contributed by atoms with van der Waals surface area (Å²) in [6.07, 6.45) is -2.28. The quantitative estimate of drug-likeness (QED) is 0.297. The maximum atomic E-state index is 12.2. The van der Waals surface area contributed by atoms with Crippen molar-refractivity contribution in [1.82, 2.24) is 10.6 Å². The third-order valence-electron chi connectivity index (χ3n) is 3.94. The van der Waals surface area contributed by atoms with E-state index in [0.717, 1.165) is 11.8 Å². The number of nitrogens with one attached hydrogen (secondary N) is 2. The van der Waals surface area contributed by atoms with Crippen LogP contribution in [0.15, 0.2) is 0 Å². The van der Waals surface area contributed by atoms with Crippen LogP contribution >= 0.6 is 11.8 Å². The van der Waals surface area contributed by atoms with Gasteiger partial charge in [0.05, 0.1) is 13.5 Å². The van der Waals surface area contributed by atoms with E-state index in [9.17, 15) is 24.0 Å². The number of ether oxygens (including phenoxy) is 3. The molecule has 1 rings (SSSR count). The number of hydrogen-bond donors (Lipinski definition) is 3. The molecule has 12 heteroatoms. The molecule has 1 heterocycles. The van der Waals surface area contributed by atoms with Gasteiger partial charge < -0.3 is 30.0 Å². The molecule has 0 spiro atoms. The normalized spacial score (nSPS) is 18.6. The van der Waals surface area contributed by atoms with Gasteiger partial charge in [-0.05, 0) is 0 Å². The highest BCUT2D eigenvalue weighted by Gasteiger charge is 2.43. The summed E-state index contributed by atoms with van der Waals surface area (Å²) in [5, 5.41) is 13.1. The van der Waals surface area contributed by atoms with E-state index >= 15 is 0 Å². The fourth-order valence-electron chi connectivity index (χ4n) is 2.39. The van der Waals surface area contributed by atoms with Crippen molar-refractivity contribution in [3.05, 3.63) is 0 Å². The van der Waals surface area contributed by atoms with E-state index in [4.69, 9.17) is 14.6 Å². The Labute approximate surface area is 172 Å². The summed E-state index contributed by atoms with van der Waals surface area (Å²) in [5.41, 5.74) is -0.691. The number of thioether (sulfide) groups is 1. The van der Waals surface area contributed by atoms with Gasteiger partial charge in [-0.2, -0.15) is 0 Å².